The molecule has 0 aliphatic carbocycles. The molecule has 0 saturated carbocycles. The first-order chi connectivity index (χ1) is 16.3. The number of amides is 2. The molecule has 9 heteroatoms. The predicted octanol–water partition coefficient (Wildman–Crippen LogP) is 3.37. The zero-order valence-electron chi connectivity index (χ0n) is 19.8. The summed E-state index contributed by atoms with van der Waals surface area (Å²) in [5.41, 5.74) is -0.0103. The highest BCUT2D eigenvalue weighted by molar-refractivity contribution is 6.19. The van der Waals surface area contributed by atoms with Crippen molar-refractivity contribution >= 4 is 23.4 Å². The minimum atomic E-state index is -0.796. The predicted molar refractivity (Wildman–Crippen MR) is 128 cm³/mol. The van der Waals surface area contributed by atoms with Gasteiger partial charge in [0.1, 0.15) is 11.6 Å². The van der Waals surface area contributed by atoms with E-state index in [-0.39, 0.29) is 43.1 Å². The van der Waals surface area contributed by atoms with E-state index < -0.39 is 5.41 Å². The van der Waals surface area contributed by atoms with E-state index in [1.165, 1.54) is 12.1 Å². The Hall–Kier alpha value is -2.42. The number of morpholine rings is 1. The largest absolute Gasteiger partial charge is 0.467 e. The van der Waals surface area contributed by atoms with Crippen molar-refractivity contribution in [3.05, 3.63) is 59.8 Å². The molecule has 0 radical (unpaired) electrons. The minimum Gasteiger partial charge on any atom is -0.467 e. The van der Waals surface area contributed by atoms with Crippen LogP contribution in [0.3, 0.4) is 0 Å². The van der Waals surface area contributed by atoms with Crippen LogP contribution in [-0.2, 0) is 27.4 Å². The standard InChI is InChI=1S/C25H33ClFN3O4/c1-25(2,19-26)24(32)29(10-9-28-11-14-33-15-12-28)18-23(31)30(17-22-4-3-13-34-22)16-20-5-7-21(27)8-6-20/h3-8,13H,9-12,14-19H2,1-2H3. The molecule has 0 spiro atoms. The van der Waals surface area contributed by atoms with Crippen molar-refractivity contribution in [3.63, 3.8) is 0 Å². The van der Waals surface area contributed by atoms with Crippen molar-refractivity contribution in [3.8, 4) is 0 Å². The van der Waals surface area contributed by atoms with Gasteiger partial charge in [0.15, 0.2) is 0 Å². The molecule has 0 bridgehead atoms. The Labute approximate surface area is 205 Å². The summed E-state index contributed by atoms with van der Waals surface area (Å²) in [7, 11) is 0. The Kier molecular flexibility index (Phi) is 9.50. The second kappa shape index (κ2) is 12.3. The maximum atomic E-state index is 13.5. The molecule has 3 rings (SSSR count). The smallest absolute Gasteiger partial charge is 0.242 e. The van der Waals surface area contributed by atoms with Crippen LogP contribution in [0.5, 0.6) is 0 Å². The second-order valence-electron chi connectivity index (χ2n) is 9.15. The molecule has 1 saturated heterocycles. The first-order valence-electron chi connectivity index (χ1n) is 11.5. The fourth-order valence-corrected chi connectivity index (χ4v) is 3.84. The summed E-state index contributed by atoms with van der Waals surface area (Å²) >= 11 is 6.08. The number of ether oxygens (including phenoxy) is 1. The lowest BCUT2D eigenvalue weighted by Crippen LogP contribution is -2.50. The number of rotatable bonds is 11. The zero-order chi connectivity index (χ0) is 24.6. The summed E-state index contributed by atoms with van der Waals surface area (Å²) < 4.78 is 24.2. The molecular formula is C25H33ClFN3O4. The van der Waals surface area contributed by atoms with E-state index >= 15 is 0 Å². The molecule has 7 nitrogen and oxygen atoms in total. The van der Waals surface area contributed by atoms with Gasteiger partial charge in [0.2, 0.25) is 11.8 Å². The number of carbonyl (C=O) groups excluding carboxylic acids is 2. The zero-order valence-corrected chi connectivity index (χ0v) is 20.6. The van der Waals surface area contributed by atoms with Crippen molar-refractivity contribution in [1.29, 1.82) is 0 Å². The van der Waals surface area contributed by atoms with Gasteiger partial charge in [-0.15, -0.1) is 11.6 Å². The molecular weight excluding hydrogens is 461 g/mol. The van der Waals surface area contributed by atoms with Crippen LogP contribution in [0.25, 0.3) is 0 Å². The van der Waals surface area contributed by atoms with Crippen molar-refractivity contribution < 1.29 is 23.1 Å². The van der Waals surface area contributed by atoms with E-state index in [0.29, 0.717) is 32.1 Å². The Morgan fingerprint density at radius 2 is 1.79 bits per heavy atom. The van der Waals surface area contributed by atoms with Crippen LogP contribution in [-0.4, -0.2) is 78.3 Å². The first-order valence-corrected chi connectivity index (χ1v) is 12.0. The Bertz CT molecular complexity index is 915. The maximum Gasteiger partial charge on any atom is 0.242 e. The van der Waals surface area contributed by atoms with Crippen LogP contribution < -0.4 is 0 Å². The number of nitrogens with zero attached hydrogens (tertiary/aromatic N) is 3. The van der Waals surface area contributed by atoms with Crippen molar-refractivity contribution in [2.24, 2.45) is 5.41 Å². The van der Waals surface area contributed by atoms with Gasteiger partial charge in [-0.25, -0.2) is 4.39 Å². The Balaban J connectivity index is 1.75. The van der Waals surface area contributed by atoms with Gasteiger partial charge in [-0.05, 0) is 43.7 Å². The van der Waals surface area contributed by atoms with E-state index in [4.69, 9.17) is 20.8 Å². The Morgan fingerprint density at radius 3 is 2.41 bits per heavy atom. The number of benzene rings is 1. The van der Waals surface area contributed by atoms with Crippen LogP contribution in [0.2, 0.25) is 0 Å². The molecule has 2 aromatic rings. The number of furan rings is 1. The van der Waals surface area contributed by atoms with Crippen LogP contribution >= 0.6 is 11.6 Å². The SMILES string of the molecule is CC(C)(CCl)C(=O)N(CCN1CCOCC1)CC(=O)N(Cc1ccc(F)cc1)Cc1ccco1. The molecule has 1 aliphatic rings. The van der Waals surface area contributed by atoms with Gasteiger partial charge in [-0.2, -0.15) is 0 Å². The lowest BCUT2D eigenvalue weighted by atomic mass is 9.94. The molecule has 1 aliphatic heterocycles. The molecule has 0 unspecified atom stereocenters. The highest BCUT2D eigenvalue weighted by Crippen LogP contribution is 2.21. The normalized spacial score (nSPS) is 14.7. The number of hydrogen-bond acceptors (Lipinski definition) is 5. The molecule has 2 amide bonds. The summed E-state index contributed by atoms with van der Waals surface area (Å²) in [5, 5.41) is 0. The highest BCUT2D eigenvalue weighted by Gasteiger charge is 2.33. The summed E-state index contributed by atoms with van der Waals surface area (Å²) in [4.78, 5) is 32.2. The molecule has 186 valence electrons. The molecule has 1 aromatic heterocycles. The third-order valence-electron chi connectivity index (χ3n) is 5.88. The van der Waals surface area contributed by atoms with Gasteiger partial charge < -0.3 is 19.0 Å². The average molecular weight is 494 g/mol. The molecule has 0 atom stereocenters. The monoisotopic (exact) mass is 493 g/mol. The fraction of sp³-hybridized carbons (Fsp3) is 0.520. The van der Waals surface area contributed by atoms with Crippen molar-refractivity contribution in [2.45, 2.75) is 26.9 Å². The van der Waals surface area contributed by atoms with Crippen molar-refractivity contribution in [1.82, 2.24) is 14.7 Å². The Morgan fingerprint density at radius 1 is 1.09 bits per heavy atom. The minimum absolute atomic E-state index is 0.0780. The third kappa shape index (κ3) is 7.55. The van der Waals surface area contributed by atoms with Gasteiger partial charge >= 0.3 is 0 Å². The van der Waals surface area contributed by atoms with Crippen molar-refractivity contribution in [2.75, 3.05) is 51.8 Å². The van der Waals surface area contributed by atoms with Crippen LogP contribution in [0, 0.1) is 11.2 Å². The topological polar surface area (TPSA) is 66.2 Å². The quantitative estimate of drug-likeness (QED) is 0.449. The van der Waals surface area contributed by atoms with E-state index in [0.717, 1.165) is 18.7 Å². The first kappa shape index (κ1) is 26.2. The lowest BCUT2D eigenvalue weighted by molar-refractivity contribution is -0.146. The van der Waals surface area contributed by atoms with Gasteiger partial charge in [0.05, 0.1) is 38.0 Å². The molecule has 1 fully saturated rings. The number of halogens is 2. The lowest BCUT2D eigenvalue weighted by Gasteiger charge is -2.34. The molecule has 2 heterocycles. The number of alkyl halides is 1. The van der Waals surface area contributed by atoms with Crippen LogP contribution in [0.4, 0.5) is 4.39 Å². The van der Waals surface area contributed by atoms with Crippen LogP contribution in [0.15, 0.2) is 47.1 Å². The highest BCUT2D eigenvalue weighted by atomic mass is 35.5. The van der Waals surface area contributed by atoms with Gasteiger partial charge in [-0.1, -0.05) is 12.1 Å². The molecule has 1 aromatic carbocycles. The van der Waals surface area contributed by atoms with Gasteiger partial charge in [0.25, 0.3) is 0 Å². The molecule has 0 N–H and O–H groups in total. The van der Waals surface area contributed by atoms with E-state index in [2.05, 4.69) is 4.90 Å². The van der Waals surface area contributed by atoms with E-state index in [1.807, 2.05) is 0 Å². The third-order valence-corrected chi connectivity index (χ3v) is 6.55. The van der Waals surface area contributed by atoms with Gasteiger partial charge in [-0.3, -0.25) is 14.5 Å². The van der Waals surface area contributed by atoms with E-state index in [9.17, 15) is 14.0 Å². The van der Waals surface area contributed by atoms with E-state index in [1.54, 1.807) is 54.2 Å². The van der Waals surface area contributed by atoms with Crippen LogP contribution in [0.1, 0.15) is 25.2 Å². The fourth-order valence-electron chi connectivity index (χ4n) is 3.72. The summed E-state index contributed by atoms with van der Waals surface area (Å²) in [5.74, 6) is 0.0589. The number of carbonyl (C=O) groups is 2. The summed E-state index contributed by atoms with van der Waals surface area (Å²) in [6, 6.07) is 9.59. The average Bonchev–Trinajstić information content (AvgIpc) is 3.36. The van der Waals surface area contributed by atoms with Gasteiger partial charge in [0, 0.05) is 38.6 Å². The second-order valence-corrected chi connectivity index (χ2v) is 9.42. The maximum absolute atomic E-state index is 13.5. The number of hydrogen-bond donors (Lipinski definition) is 0. The summed E-state index contributed by atoms with van der Waals surface area (Å²) in [6.45, 7) is 7.98. The summed E-state index contributed by atoms with van der Waals surface area (Å²) in [6.07, 6.45) is 1.55. The molecule has 34 heavy (non-hydrogen) atoms.